The lowest BCUT2D eigenvalue weighted by atomic mass is 9.95. The first-order valence-corrected chi connectivity index (χ1v) is 7.56. The highest BCUT2D eigenvalue weighted by Crippen LogP contribution is 2.38. The topological polar surface area (TPSA) is 48.0 Å². The number of carbonyl (C=O) groups excluding carboxylic acids is 1. The number of benzene rings is 1. The van der Waals surface area contributed by atoms with Crippen LogP contribution in [0.5, 0.6) is 0 Å². The maximum absolute atomic E-state index is 11.7. The van der Waals surface area contributed by atoms with Gasteiger partial charge < -0.3 is 10.3 Å². The summed E-state index contributed by atoms with van der Waals surface area (Å²) in [5, 5.41) is 1.19. The highest BCUT2D eigenvalue weighted by molar-refractivity contribution is 9.10. The first-order valence-electron chi connectivity index (χ1n) is 6.77. The van der Waals surface area contributed by atoms with Crippen molar-refractivity contribution in [2.24, 2.45) is 5.73 Å². The van der Waals surface area contributed by atoms with Crippen molar-refractivity contribution >= 4 is 32.7 Å². The molecular formula is C15H17BrN2O. The van der Waals surface area contributed by atoms with Crippen LogP contribution in [-0.2, 0) is 19.4 Å². The smallest absolute Gasteiger partial charge is 0.250 e. The van der Waals surface area contributed by atoms with E-state index in [1.807, 2.05) is 12.1 Å². The zero-order valence-corrected chi connectivity index (χ0v) is 12.6. The molecule has 0 radical (unpaired) electrons. The molecule has 4 heteroatoms. The lowest BCUT2D eigenvalue weighted by Crippen LogP contribution is -2.13. The van der Waals surface area contributed by atoms with Crippen molar-refractivity contribution in [3.8, 4) is 0 Å². The Bertz CT molecular complexity index is 673. The van der Waals surface area contributed by atoms with Crippen LogP contribution in [0.4, 0.5) is 0 Å². The van der Waals surface area contributed by atoms with Gasteiger partial charge in [-0.05, 0) is 50.3 Å². The fourth-order valence-corrected chi connectivity index (χ4v) is 3.83. The van der Waals surface area contributed by atoms with Gasteiger partial charge in [-0.1, -0.05) is 15.9 Å². The standard InChI is InChI=1S/C15H17BrN2O/c1-2-18-12-6-4-3-5-9(12)13-11(16)8-7-10(14(13)18)15(17)19/h7-8H,2-6H2,1H3,(H2,17,19). The Balaban J connectivity index is 2.47. The highest BCUT2D eigenvalue weighted by atomic mass is 79.9. The predicted molar refractivity (Wildman–Crippen MR) is 80.5 cm³/mol. The molecule has 1 aliphatic rings. The summed E-state index contributed by atoms with van der Waals surface area (Å²) in [4.78, 5) is 11.7. The van der Waals surface area contributed by atoms with Crippen molar-refractivity contribution in [3.05, 3.63) is 33.4 Å². The molecule has 0 aliphatic heterocycles. The van der Waals surface area contributed by atoms with Crippen molar-refractivity contribution in [2.75, 3.05) is 0 Å². The van der Waals surface area contributed by atoms with Crippen LogP contribution in [0.2, 0.25) is 0 Å². The third-order valence-corrected chi connectivity index (χ3v) is 4.71. The Hall–Kier alpha value is -1.29. The Morgan fingerprint density at radius 2 is 2.11 bits per heavy atom. The van der Waals surface area contributed by atoms with Gasteiger partial charge in [-0.3, -0.25) is 4.79 Å². The quantitative estimate of drug-likeness (QED) is 0.905. The second kappa shape index (κ2) is 4.67. The van der Waals surface area contributed by atoms with Crippen LogP contribution in [0.3, 0.4) is 0 Å². The minimum Gasteiger partial charge on any atom is -0.366 e. The van der Waals surface area contributed by atoms with E-state index in [-0.39, 0.29) is 5.91 Å². The summed E-state index contributed by atoms with van der Waals surface area (Å²) in [6.45, 7) is 3.00. The molecule has 100 valence electrons. The van der Waals surface area contributed by atoms with Crippen molar-refractivity contribution in [1.29, 1.82) is 0 Å². The van der Waals surface area contributed by atoms with E-state index in [1.165, 1.54) is 29.5 Å². The van der Waals surface area contributed by atoms with Gasteiger partial charge in [0.15, 0.2) is 0 Å². The molecule has 3 rings (SSSR count). The molecule has 19 heavy (non-hydrogen) atoms. The van der Waals surface area contributed by atoms with Gasteiger partial charge in [0.2, 0.25) is 0 Å². The number of nitrogens with zero attached hydrogens (tertiary/aromatic N) is 1. The fraction of sp³-hybridized carbons (Fsp3) is 0.400. The van der Waals surface area contributed by atoms with Crippen LogP contribution in [0.1, 0.15) is 41.4 Å². The molecule has 0 atom stereocenters. The average molecular weight is 321 g/mol. The molecule has 1 aliphatic carbocycles. The lowest BCUT2D eigenvalue weighted by Gasteiger charge is -2.14. The van der Waals surface area contributed by atoms with E-state index in [9.17, 15) is 4.79 Å². The maximum Gasteiger partial charge on any atom is 0.250 e. The first kappa shape index (κ1) is 12.7. The Morgan fingerprint density at radius 1 is 1.37 bits per heavy atom. The normalized spacial score (nSPS) is 14.6. The number of primary amides is 1. The molecule has 0 saturated heterocycles. The summed E-state index contributed by atoms with van der Waals surface area (Å²) < 4.78 is 3.34. The molecule has 3 nitrogen and oxygen atoms in total. The number of aryl methyl sites for hydroxylation is 2. The summed E-state index contributed by atoms with van der Waals surface area (Å²) in [5.41, 5.74) is 9.98. The van der Waals surface area contributed by atoms with Gasteiger partial charge >= 0.3 is 0 Å². The van der Waals surface area contributed by atoms with E-state index in [2.05, 4.69) is 27.4 Å². The summed E-state index contributed by atoms with van der Waals surface area (Å²) in [6.07, 6.45) is 4.65. The number of amides is 1. The van der Waals surface area contributed by atoms with Gasteiger partial charge in [0, 0.05) is 22.1 Å². The Labute approximate surface area is 120 Å². The maximum atomic E-state index is 11.7. The largest absolute Gasteiger partial charge is 0.366 e. The van der Waals surface area contributed by atoms with Crippen molar-refractivity contribution < 1.29 is 4.79 Å². The predicted octanol–water partition coefficient (Wildman–Crippen LogP) is 3.40. The Kier molecular flexibility index (Phi) is 3.13. The SMILES string of the molecule is CCn1c2c(c3c(Br)ccc(C(N)=O)c31)CCCC2. The number of hydrogen-bond donors (Lipinski definition) is 1. The summed E-state index contributed by atoms with van der Waals surface area (Å²) in [5.74, 6) is -0.345. The van der Waals surface area contributed by atoms with E-state index in [4.69, 9.17) is 5.73 Å². The summed E-state index contributed by atoms with van der Waals surface area (Å²) >= 11 is 3.64. The molecule has 1 aromatic heterocycles. The second-order valence-corrected chi connectivity index (χ2v) is 5.91. The third kappa shape index (κ3) is 1.81. The van der Waals surface area contributed by atoms with E-state index in [0.717, 1.165) is 29.4 Å². The number of hydrogen-bond acceptors (Lipinski definition) is 1. The van der Waals surface area contributed by atoms with Crippen molar-refractivity contribution in [3.63, 3.8) is 0 Å². The lowest BCUT2D eigenvalue weighted by molar-refractivity contribution is 0.100. The molecular weight excluding hydrogens is 304 g/mol. The number of halogens is 1. The van der Waals surface area contributed by atoms with Crippen LogP contribution in [-0.4, -0.2) is 10.5 Å². The van der Waals surface area contributed by atoms with Crippen LogP contribution in [0.25, 0.3) is 10.9 Å². The van der Waals surface area contributed by atoms with Gasteiger partial charge in [-0.15, -0.1) is 0 Å². The van der Waals surface area contributed by atoms with E-state index < -0.39 is 0 Å². The molecule has 0 saturated carbocycles. The van der Waals surface area contributed by atoms with E-state index >= 15 is 0 Å². The number of fused-ring (bicyclic) bond motifs is 3. The molecule has 0 bridgehead atoms. The molecule has 0 unspecified atom stereocenters. The van der Waals surface area contributed by atoms with E-state index in [0.29, 0.717) is 5.56 Å². The van der Waals surface area contributed by atoms with Crippen molar-refractivity contribution in [2.45, 2.75) is 39.2 Å². The fourth-order valence-electron chi connectivity index (χ4n) is 3.27. The second-order valence-electron chi connectivity index (χ2n) is 5.06. The van der Waals surface area contributed by atoms with Crippen LogP contribution >= 0.6 is 15.9 Å². The van der Waals surface area contributed by atoms with Gasteiger partial charge in [-0.2, -0.15) is 0 Å². The molecule has 2 aromatic rings. The number of aromatic nitrogens is 1. The Morgan fingerprint density at radius 3 is 2.79 bits per heavy atom. The van der Waals surface area contributed by atoms with Gasteiger partial charge in [0.05, 0.1) is 11.1 Å². The monoisotopic (exact) mass is 320 g/mol. The molecule has 2 N–H and O–H groups in total. The summed E-state index contributed by atoms with van der Waals surface area (Å²) in [6, 6.07) is 3.77. The zero-order valence-electron chi connectivity index (χ0n) is 11.0. The third-order valence-electron chi connectivity index (χ3n) is 4.04. The van der Waals surface area contributed by atoms with Crippen LogP contribution in [0, 0.1) is 0 Å². The summed E-state index contributed by atoms with van der Waals surface area (Å²) in [7, 11) is 0. The molecule has 1 heterocycles. The van der Waals surface area contributed by atoms with Crippen LogP contribution < -0.4 is 5.73 Å². The minimum atomic E-state index is -0.345. The number of nitrogens with two attached hydrogens (primary N) is 1. The molecule has 0 fully saturated rings. The molecule has 1 aromatic carbocycles. The van der Waals surface area contributed by atoms with Gasteiger partial charge in [0.1, 0.15) is 0 Å². The first-order chi connectivity index (χ1) is 9.15. The number of rotatable bonds is 2. The zero-order chi connectivity index (χ0) is 13.6. The highest BCUT2D eigenvalue weighted by Gasteiger charge is 2.23. The molecule has 0 spiro atoms. The minimum absolute atomic E-state index is 0.345. The number of carbonyl (C=O) groups is 1. The van der Waals surface area contributed by atoms with Gasteiger partial charge in [0.25, 0.3) is 5.91 Å². The van der Waals surface area contributed by atoms with E-state index in [1.54, 1.807) is 0 Å². The van der Waals surface area contributed by atoms with Crippen LogP contribution in [0.15, 0.2) is 16.6 Å². The van der Waals surface area contributed by atoms with Crippen molar-refractivity contribution in [1.82, 2.24) is 4.57 Å². The average Bonchev–Trinajstić information content (AvgIpc) is 2.73. The molecule has 1 amide bonds. The van der Waals surface area contributed by atoms with Gasteiger partial charge in [-0.25, -0.2) is 0 Å².